The van der Waals surface area contributed by atoms with Gasteiger partial charge in [0.1, 0.15) is 5.00 Å². The maximum absolute atomic E-state index is 11.4. The van der Waals surface area contributed by atoms with E-state index in [1.807, 2.05) is 0 Å². The van der Waals surface area contributed by atoms with Crippen LogP contribution in [0.2, 0.25) is 0 Å². The summed E-state index contributed by atoms with van der Waals surface area (Å²) >= 11 is 1.00. The van der Waals surface area contributed by atoms with Crippen LogP contribution in [0.4, 0.5) is 5.00 Å². The third-order valence-corrected chi connectivity index (χ3v) is 4.77. The quantitative estimate of drug-likeness (QED) is 0.780. The van der Waals surface area contributed by atoms with E-state index < -0.39 is 15.1 Å². The van der Waals surface area contributed by atoms with Crippen molar-refractivity contribution in [2.45, 2.75) is 23.4 Å². The molecule has 0 aliphatic heterocycles. The van der Waals surface area contributed by atoms with Crippen LogP contribution in [0.5, 0.6) is 0 Å². The van der Waals surface area contributed by atoms with E-state index in [2.05, 4.69) is 4.98 Å². The molecule has 6 heteroatoms. The summed E-state index contributed by atoms with van der Waals surface area (Å²) in [4.78, 5) is 3.71. The Labute approximate surface area is 75.4 Å². The van der Waals surface area contributed by atoms with Gasteiger partial charge in [-0.1, -0.05) is 11.3 Å². The Bertz CT molecular complexity index is 367. The summed E-state index contributed by atoms with van der Waals surface area (Å²) in [7, 11) is -3.23. The zero-order chi connectivity index (χ0) is 9.35. The second kappa shape index (κ2) is 3.02. The third kappa shape index (κ3) is 1.59. The van der Waals surface area contributed by atoms with Crippen LogP contribution in [0.3, 0.4) is 0 Å². The summed E-state index contributed by atoms with van der Waals surface area (Å²) < 4.78 is 23.0. The number of rotatable bonds is 2. The standard InChI is InChI=1S/C6H10N2O2S2/c1-4(2)12(9,10)6-8-3-5(7)11-6/h3-4H,7H2,1-2H3. The van der Waals surface area contributed by atoms with E-state index in [1.165, 1.54) is 6.20 Å². The summed E-state index contributed by atoms with van der Waals surface area (Å²) in [5.74, 6) is 0. The van der Waals surface area contributed by atoms with Gasteiger partial charge in [-0.3, -0.25) is 0 Å². The Morgan fingerprint density at radius 2 is 2.17 bits per heavy atom. The highest BCUT2D eigenvalue weighted by Gasteiger charge is 2.22. The molecule has 0 aromatic carbocycles. The Hall–Kier alpha value is -0.620. The second-order valence-electron chi connectivity index (χ2n) is 2.62. The van der Waals surface area contributed by atoms with Gasteiger partial charge in [0, 0.05) is 0 Å². The molecule has 0 unspecified atom stereocenters. The number of hydrogen-bond acceptors (Lipinski definition) is 5. The minimum atomic E-state index is -3.23. The molecule has 12 heavy (non-hydrogen) atoms. The van der Waals surface area contributed by atoms with Crippen molar-refractivity contribution in [3.63, 3.8) is 0 Å². The number of thiazole rings is 1. The summed E-state index contributed by atoms with van der Waals surface area (Å²) in [6.45, 7) is 3.24. The molecule has 0 spiro atoms. The molecule has 0 aliphatic rings. The lowest BCUT2D eigenvalue weighted by molar-refractivity contribution is 0.586. The van der Waals surface area contributed by atoms with Crippen LogP contribution in [-0.4, -0.2) is 18.7 Å². The van der Waals surface area contributed by atoms with Crippen LogP contribution in [0.1, 0.15) is 13.8 Å². The van der Waals surface area contributed by atoms with Crippen molar-refractivity contribution in [3.05, 3.63) is 6.20 Å². The van der Waals surface area contributed by atoms with Crippen LogP contribution in [0, 0.1) is 0 Å². The van der Waals surface area contributed by atoms with Gasteiger partial charge in [0.25, 0.3) is 0 Å². The third-order valence-electron chi connectivity index (χ3n) is 1.37. The van der Waals surface area contributed by atoms with Gasteiger partial charge in [-0.05, 0) is 13.8 Å². The van der Waals surface area contributed by atoms with E-state index in [9.17, 15) is 8.42 Å². The van der Waals surface area contributed by atoms with Crippen molar-refractivity contribution in [2.24, 2.45) is 0 Å². The molecule has 0 saturated heterocycles. The zero-order valence-electron chi connectivity index (χ0n) is 6.81. The molecule has 1 rings (SSSR count). The normalized spacial score (nSPS) is 12.2. The summed E-state index contributed by atoms with van der Waals surface area (Å²) in [5.41, 5.74) is 5.37. The van der Waals surface area contributed by atoms with E-state index >= 15 is 0 Å². The number of nitrogens with zero attached hydrogens (tertiary/aromatic N) is 1. The largest absolute Gasteiger partial charge is 0.389 e. The lowest BCUT2D eigenvalue weighted by Crippen LogP contribution is -2.13. The Balaban J connectivity index is 3.15. The smallest absolute Gasteiger partial charge is 0.211 e. The number of nitrogens with two attached hydrogens (primary N) is 1. The molecule has 68 valence electrons. The van der Waals surface area contributed by atoms with Crippen molar-refractivity contribution in [1.82, 2.24) is 4.98 Å². The first kappa shape index (κ1) is 9.47. The van der Waals surface area contributed by atoms with Gasteiger partial charge in [0.15, 0.2) is 0 Å². The van der Waals surface area contributed by atoms with Crippen LogP contribution in [0.25, 0.3) is 0 Å². The molecule has 0 bridgehead atoms. The number of sulfone groups is 1. The van der Waals surface area contributed by atoms with Gasteiger partial charge in [0.05, 0.1) is 11.4 Å². The lowest BCUT2D eigenvalue weighted by Gasteiger charge is -2.01. The first-order valence-electron chi connectivity index (χ1n) is 3.40. The minimum absolute atomic E-state index is 0.106. The molecule has 1 aromatic heterocycles. The highest BCUT2D eigenvalue weighted by Crippen LogP contribution is 2.22. The summed E-state index contributed by atoms with van der Waals surface area (Å²) in [6.07, 6.45) is 1.36. The van der Waals surface area contributed by atoms with Crippen LogP contribution in [0.15, 0.2) is 10.5 Å². The molecule has 0 saturated carbocycles. The molecule has 4 nitrogen and oxygen atoms in total. The van der Waals surface area contributed by atoms with Gasteiger partial charge in [0.2, 0.25) is 14.2 Å². The topological polar surface area (TPSA) is 73.0 Å². The van der Waals surface area contributed by atoms with Crippen molar-refractivity contribution >= 4 is 26.2 Å². The minimum Gasteiger partial charge on any atom is -0.389 e. The highest BCUT2D eigenvalue weighted by molar-refractivity contribution is 7.93. The van der Waals surface area contributed by atoms with Crippen LogP contribution >= 0.6 is 11.3 Å². The van der Waals surface area contributed by atoms with Crippen molar-refractivity contribution in [1.29, 1.82) is 0 Å². The van der Waals surface area contributed by atoms with E-state index in [-0.39, 0.29) is 4.34 Å². The first-order valence-corrected chi connectivity index (χ1v) is 5.76. The average molecular weight is 206 g/mol. The highest BCUT2D eigenvalue weighted by atomic mass is 32.2. The van der Waals surface area contributed by atoms with Crippen molar-refractivity contribution in [2.75, 3.05) is 5.73 Å². The van der Waals surface area contributed by atoms with Crippen LogP contribution < -0.4 is 5.73 Å². The van der Waals surface area contributed by atoms with E-state index in [0.29, 0.717) is 5.00 Å². The summed E-state index contributed by atoms with van der Waals surface area (Å²) in [5, 5.41) is -0.0164. The van der Waals surface area contributed by atoms with Crippen LogP contribution in [-0.2, 0) is 9.84 Å². The van der Waals surface area contributed by atoms with Gasteiger partial charge in [-0.25, -0.2) is 13.4 Å². The number of anilines is 1. The number of hydrogen-bond donors (Lipinski definition) is 1. The molecule has 1 heterocycles. The van der Waals surface area contributed by atoms with E-state index in [1.54, 1.807) is 13.8 Å². The molecular weight excluding hydrogens is 196 g/mol. The molecule has 1 aromatic rings. The Morgan fingerprint density at radius 3 is 2.50 bits per heavy atom. The second-order valence-corrected chi connectivity index (χ2v) is 6.36. The maximum atomic E-state index is 11.4. The molecule has 2 N–H and O–H groups in total. The van der Waals surface area contributed by atoms with E-state index in [4.69, 9.17) is 5.73 Å². The predicted octanol–water partition coefficient (Wildman–Crippen LogP) is 0.907. The number of nitrogen functional groups attached to an aromatic ring is 1. The Morgan fingerprint density at radius 1 is 1.58 bits per heavy atom. The molecular formula is C6H10N2O2S2. The van der Waals surface area contributed by atoms with Gasteiger partial charge in [-0.15, -0.1) is 0 Å². The fourth-order valence-corrected chi connectivity index (χ4v) is 2.95. The average Bonchev–Trinajstić information content (AvgIpc) is 2.35. The van der Waals surface area contributed by atoms with Gasteiger partial charge in [-0.2, -0.15) is 0 Å². The maximum Gasteiger partial charge on any atom is 0.211 e. The van der Waals surface area contributed by atoms with Gasteiger partial charge >= 0.3 is 0 Å². The lowest BCUT2D eigenvalue weighted by atomic mass is 10.6. The van der Waals surface area contributed by atoms with Crippen molar-refractivity contribution < 1.29 is 8.42 Å². The molecule has 0 atom stereocenters. The SMILES string of the molecule is CC(C)S(=O)(=O)c1ncc(N)s1. The van der Waals surface area contributed by atoms with Gasteiger partial charge < -0.3 is 5.73 Å². The molecule has 0 radical (unpaired) electrons. The monoisotopic (exact) mass is 206 g/mol. The summed E-state index contributed by atoms with van der Waals surface area (Å²) in [6, 6.07) is 0. The molecule has 0 amide bonds. The first-order chi connectivity index (χ1) is 5.44. The molecule has 0 aliphatic carbocycles. The molecule has 0 fully saturated rings. The fraction of sp³-hybridized carbons (Fsp3) is 0.500. The Kier molecular flexibility index (Phi) is 2.39. The zero-order valence-corrected chi connectivity index (χ0v) is 8.45. The van der Waals surface area contributed by atoms with Crippen molar-refractivity contribution in [3.8, 4) is 0 Å². The predicted molar refractivity (Wildman–Crippen MR) is 48.8 cm³/mol. The fourth-order valence-electron chi connectivity index (χ4n) is 0.603. The number of aromatic nitrogens is 1. The van der Waals surface area contributed by atoms with E-state index in [0.717, 1.165) is 11.3 Å².